The van der Waals surface area contributed by atoms with Gasteiger partial charge in [-0.2, -0.15) is 0 Å². The maximum absolute atomic E-state index is 12.7. The summed E-state index contributed by atoms with van der Waals surface area (Å²) >= 11 is 5.81. The second-order valence-electron chi connectivity index (χ2n) is 7.21. The summed E-state index contributed by atoms with van der Waals surface area (Å²) in [6, 6.07) is 11.1. The Morgan fingerprint density at radius 2 is 1.83 bits per heavy atom. The first-order chi connectivity index (χ1) is 13.8. The zero-order valence-electron chi connectivity index (χ0n) is 15.7. The number of aryl methyl sites for hydroxylation is 2. The molecule has 2 N–H and O–H groups in total. The molecule has 0 amide bonds. The van der Waals surface area contributed by atoms with Crippen LogP contribution in [0.5, 0.6) is 0 Å². The number of carbonyl (C=O) groups excluding carboxylic acids is 1. The molecule has 0 bridgehead atoms. The lowest BCUT2D eigenvalue weighted by atomic mass is 9.76. The number of hydrogen-bond donors (Lipinski definition) is 2. The topological polar surface area (TPSA) is 101 Å². The van der Waals surface area contributed by atoms with Gasteiger partial charge in [-0.25, -0.2) is 13.1 Å². The number of fused-ring (bicyclic) bond motifs is 1. The molecule has 154 valence electrons. The predicted molar refractivity (Wildman–Crippen MR) is 110 cm³/mol. The summed E-state index contributed by atoms with van der Waals surface area (Å²) in [5, 5.41) is 10.5. The molecule has 0 saturated carbocycles. The summed E-state index contributed by atoms with van der Waals surface area (Å²) in [6.07, 6.45) is 3.48. The van der Waals surface area contributed by atoms with Crippen LogP contribution >= 0.6 is 11.6 Å². The lowest BCUT2D eigenvalue weighted by Gasteiger charge is -2.30. The van der Waals surface area contributed by atoms with Crippen LogP contribution in [0.3, 0.4) is 0 Å². The molecule has 0 heterocycles. The normalized spacial score (nSPS) is 15.5. The molecule has 0 saturated heterocycles. The van der Waals surface area contributed by atoms with Crippen molar-refractivity contribution >= 4 is 33.9 Å². The lowest BCUT2D eigenvalue weighted by molar-refractivity contribution is -0.144. The van der Waals surface area contributed by atoms with Crippen LogP contribution in [0.15, 0.2) is 47.4 Å². The Bertz CT molecular complexity index is 1020. The molecule has 0 aromatic heterocycles. The van der Waals surface area contributed by atoms with Gasteiger partial charge in [-0.05, 0) is 66.6 Å². The van der Waals surface area contributed by atoms with Gasteiger partial charge >= 0.3 is 5.97 Å². The standard InChI is InChI=1S/C21H22ClNO5S/c22-18-7-9-19(10-8-18)29(27,28)23-14-21(20(25)26,11-2-12-24)17-6-5-15-3-1-4-16(15)13-17/h5-10,12-13,23H,1-4,11,14H2,(H,25,26). The zero-order valence-corrected chi connectivity index (χ0v) is 17.3. The average molecular weight is 436 g/mol. The van der Waals surface area contributed by atoms with Crippen LogP contribution < -0.4 is 4.72 Å². The number of halogens is 1. The molecule has 29 heavy (non-hydrogen) atoms. The van der Waals surface area contributed by atoms with Gasteiger partial charge in [-0.15, -0.1) is 0 Å². The van der Waals surface area contributed by atoms with Crippen molar-refractivity contribution in [2.45, 2.75) is 42.4 Å². The number of carboxylic acid groups (broad SMARTS) is 1. The molecular weight excluding hydrogens is 414 g/mol. The molecule has 0 spiro atoms. The molecule has 1 unspecified atom stereocenters. The number of hydrogen-bond acceptors (Lipinski definition) is 4. The summed E-state index contributed by atoms with van der Waals surface area (Å²) in [4.78, 5) is 23.4. The van der Waals surface area contributed by atoms with Crippen molar-refractivity contribution in [2.75, 3.05) is 6.54 Å². The molecule has 0 aliphatic heterocycles. The molecule has 1 aliphatic carbocycles. The first-order valence-corrected chi connectivity index (χ1v) is 11.2. The third kappa shape index (κ3) is 4.52. The second-order valence-corrected chi connectivity index (χ2v) is 9.41. The number of rotatable bonds is 9. The van der Waals surface area contributed by atoms with Gasteiger partial charge in [0, 0.05) is 18.0 Å². The number of aliphatic carboxylic acids is 1. The average Bonchev–Trinajstić information content (AvgIpc) is 3.16. The lowest BCUT2D eigenvalue weighted by Crippen LogP contribution is -2.46. The van der Waals surface area contributed by atoms with Crippen molar-refractivity contribution in [1.82, 2.24) is 4.72 Å². The second kappa shape index (κ2) is 8.65. The molecule has 0 radical (unpaired) electrons. The van der Waals surface area contributed by atoms with E-state index in [1.807, 2.05) is 12.1 Å². The molecule has 2 aromatic carbocycles. The van der Waals surface area contributed by atoms with Gasteiger partial charge in [-0.3, -0.25) is 4.79 Å². The van der Waals surface area contributed by atoms with Gasteiger partial charge in [0.05, 0.1) is 4.90 Å². The molecule has 3 rings (SSSR count). The third-order valence-corrected chi connectivity index (χ3v) is 7.11. The minimum absolute atomic E-state index is 0.00601. The van der Waals surface area contributed by atoms with E-state index in [2.05, 4.69) is 4.72 Å². The van der Waals surface area contributed by atoms with Gasteiger partial charge in [0.2, 0.25) is 10.0 Å². The molecule has 1 aliphatic rings. The number of carbonyl (C=O) groups is 2. The third-order valence-electron chi connectivity index (χ3n) is 5.44. The fraction of sp³-hybridized carbons (Fsp3) is 0.333. The van der Waals surface area contributed by atoms with E-state index < -0.39 is 21.4 Å². The van der Waals surface area contributed by atoms with Crippen LogP contribution in [0, 0.1) is 0 Å². The summed E-state index contributed by atoms with van der Waals surface area (Å²) in [7, 11) is -3.95. The number of nitrogens with one attached hydrogen (secondary N) is 1. The first-order valence-electron chi connectivity index (χ1n) is 9.33. The predicted octanol–water partition coefficient (Wildman–Crippen LogP) is 3.11. The highest BCUT2D eigenvalue weighted by Gasteiger charge is 2.41. The Balaban J connectivity index is 1.96. The van der Waals surface area contributed by atoms with Crippen molar-refractivity contribution in [1.29, 1.82) is 0 Å². The van der Waals surface area contributed by atoms with Crippen LogP contribution in [-0.4, -0.2) is 32.3 Å². The summed E-state index contributed by atoms with van der Waals surface area (Å²) < 4.78 is 27.8. The summed E-state index contributed by atoms with van der Waals surface area (Å²) in [5.41, 5.74) is 1.23. The van der Waals surface area contributed by atoms with E-state index >= 15 is 0 Å². The SMILES string of the molecule is O=CCCC(CNS(=O)(=O)c1ccc(Cl)cc1)(C(=O)O)c1ccc2c(c1)CCC2. The van der Waals surface area contributed by atoms with E-state index in [1.54, 1.807) is 6.07 Å². The van der Waals surface area contributed by atoms with E-state index in [9.17, 15) is 23.1 Å². The smallest absolute Gasteiger partial charge is 0.315 e. The largest absolute Gasteiger partial charge is 0.481 e. The molecule has 6 nitrogen and oxygen atoms in total. The Labute approximate surface area is 174 Å². The van der Waals surface area contributed by atoms with Gasteiger partial charge < -0.3 is 9.90 Å². The maximum Gasteiger partial charge on any atom is 0.315 e. The van der Waals surface area contributed by atoms with Crippen LogP contribution in [0.2, 0.25) is 5.02 Å². The van der Waals surface area contributed by atoms with Gasteiger partial charge in [-0.1, -0.05) is 29.8 Å². The summed E-state index contributed by atoms with van der Waals surface area (Å²) in [5.74, 6) is -1.17. The Hall–Kier alpha value is -2.22. The van der Waals surface area contributed by atoms with Crippen LogP contribution in [-0.2, 0) is 37.9 Å². The van der Waals surface area contributed by atoms with Gasteiger partial charge in [0.25, 0.3) is 0 Å². The minimum Gasteiger partial charge on any atom is -0.481 e. The number of carboxylic acids is 1. The van der Waals surface area contributed by atoms with E-state index in [0.29, 0.717) is 16.9 Å². The number of aldehydes is 1. The van der Waals surface area contributed by atoms with E-state index in [1.165, 1.54) is 29.8 Å². The molecular formula is C21H22ClNO5S. The van der Waals surface area contributed by atoms with Crippen molar-refractivity contribution in [3.63, 3.8) is 0 Å². The van der Waals surface area contributed by atoms with Crippen molar-refractivity contribution in [2.24, 2.45) is 0 Å². The zero-order chi connectivity index (χ0) is 21.1. The Morgan fingerprint density at radius 3 is 2.48 bits per heavy atom. The molecule has 8 heteroatoms. The van der Waals surface area contributed by atoms with Gasteiger partial charge in [0.15, 0.2) is 0 Å². The maximum atomic E-state index is 12.7. The van der Waals surface area contributed by atoms with Crippen molar-refractivity contribution in [3.8, 4) is 0 Å². The highest BCUT2D eigenvalue weighted by molar-refractivity contribution is 7.89. The van der Waals surface area contributed by atoms with Crippen LogP contribution in [0.25, 0.3) is 0 Å². The van der Waals surface area contributed by atoms with E-state index in [0.717, 1.165) is 24.8 Å². The molecule has 2 aromatic rings. The van der Waals surface area contributed by atoms with Crippen molar-refractivity contribution in [3.05, 3.63) is 64.2 Å². The summed E-state index contributed by atoms with van der Waals surface area (Å²) in [6.45, 7) is -0.361. The van der Waals surface area contributed by atoms with Gasteiger partial charge in [0.1, 0.15) is 11.7 Å². The minimum atomic E-state index is -3.95. The Morgan fingerprint density at radius 1 is 1.14 bits per heavy atom. The molecule has 1 atom stereocenters. The highest BCUT2D eigenvalue weighted by atomic mass is 35.5. The van der Waals surface area contributed by atoms with E-state index in [4.69, 9.17) is 11.6 Å². The highest BCUT2D eigenvalue weighted by Crippen LogP contribution is 2.33. The monoisotopic (exact) mass is 435 g/mol. The fourth-order valence-electron chi connectivity index (χ4n) is 3.73. The Kier molecular flexibility index (Phi) is 6.41. The van der Waals surface area contributed by atoms with Crippen molar-refractivity contribution < 1.29 is 23.1 Å². The van der Waals surface area contributed by atoms with E-state index in [-0.39, 0.29) is 24.3 Å². The number of benzene rings is 2. The molecule has 0 fully saturated rings. The fourth-order valence-corrected chi connectivity index (χ4v) is 4.95. The van der Waals surface area contributed by atoms with Crippen LogP contribution in [0.1, 0.15) is 36.0 Å². The van der Waals surface area contributed by atoms with Crippen LogP contribution in [0.4, 0.5) is 0 Å². The first kappa shape index (κ1) is 21.5. The quantitative estimate of drug-likeness (QED) is 0.589. The number of sulfonamides is 1.